The third-order valence-electron chi connectivity index (χ3n) is 2.43. The topological polar surface area (TPSA) is 35.5 Å². The van der Waals surface area contributed by atoms with Crippen molar-refractivity contribution < 1.29 is 14.3 Å². The number of rotatable bonds is 6. The molecular weight excluding hydrogens is 296 g/mol. The molecule has 0 atom stereocenters. The van der Waals surface area contributed by atoms with Crippen LogP contribution in [0.4, 0.5) is 0 Å². The minimum Gasteiger partial charge on any atom is -0.466 e. The van der Waals surface area contributed by atoms with Gasteiger partial charge < -0.3 is 9.47 Å². The summed E-state index contributed by atoms with van der Waals surface area (Å²) in [5, 5.41) is 0. The molecule has 4 heteroatoms. The van der Waals surface area contributed by atoms with Crippen LogP contribution in [-0.4, -0.2) is 19.7 Å². The highest BCUT2D eigenvalue weighted by atomic mass is 79.9. The molecule has 0 aliphatic heterocycles. The van der Waals surface area contributed by atoms with E-state index < -0.39 is 0 Å². The summed E-state index contributed by atoms with van der Waals surface area (Å²) in [4.78, 5) is 11.3. The Kier molecular flexibility index (Phi) is 6.68. The smallest absolute Gasteiger partial charge is 0.333 e. The van der Waals surface area contributed by atoms with Gasteiger partial charge in [0.2, 0.25) is 0 Å². The van der Waals surface area contributed by atoms with E-state index in [0.29, 0.717) is 25.2 Å². The molecule has 1 rings (SSSR count). The number of esters is 1. The van der Waals surface area contributed by atoms with Gasteiger partial charge in [-0.05, 0) is 30.2 Å². The maximum absolute atomic E-state index is 11.3. The molecule has 0 aliphatic rings. The van der Waals surface area contributed by atoms with E-state index in [1.807, 2.05) is 31.2 Å². The Morgan fingerprint density at radius 2 is 2.22 bits per heavy atom. The van der Waals surface area contributed by atoms with Gasteiger partial charge in [0, 0.05) is 10.0 Å². The van der Waals surface area contributed by atoms with Crippen molar-refractivity contribution in [3.8, 4) is 0 Å². The lowest BCUT2D eigenvalue weighted by atomic mass is 10.2. The zero-order chi connectivity index (χ0) is 13.4. The number of halogens is 1. The molecule has 1 aromatic rings. The van der Waals surface area contributed by atoms with Gasteiger partial charge in [-0.25, -0.2) is 4.79 Å². The lowest BCUT2D eigenvalue weighted by Gasteiger charge is -2.04. The van der Waals surface area contributed by atoms with Crippen LogP contribution in [0.3, 0.4) is 0 Å². The summed E-state index contributed by atoms with van der Waals surface area (Å²) in [5.74, 6) is -0.288. The summed E-state index contributed by atoms with van der Waals surface area (Å²) >= 11 is 3.41. The van der Waals surface area contributed by atoms with Gasteiger partial charge in [0.15, 0.2) is 0 Å². The first-order chi connectivity index (χ1) is 8.67. The quantitative estimate of drug-likeness (QED) is 0.458. The molecular formula is C14H17BrO3. The Morgan fingerprint density at radius 1 is 1.44 bits per heavy atom. The molecule has 98 valence electrons. The third kappa shape index (κ3) is 5.02. The number of ether oxygens (including phenoxy) is 2. The molecule has 1 aromatic carbocycles. The molecule has 0 bridgehead atoms. The molecule has 0 saturated carbocycles. The minimum absolute atomic E-state index is 0.288. The first kappa shape index (κ1) is 14.9. The highest BCUT2D eigenvalue weighted by Gasteiger charge is 2.05. The van der Waals surface area contributed by atoms with Crippen LogP contribution >= 0.6 is 15.9 Å². The van der Waals surface area contributed by atoms with Crippen LogP contribution in [-0.2, 0) is 20.9 Å². The molecule has 18 heavy (non-hydrogen) atoms. The van der Waals surface area contributed by atoms with Crippen molar-refractivity contribution in [2.75, 3.05) is 13.7 Å². The number of hydrogen-bond acceptors (Lipinski definition) is 3. The monoisotopic (exact) mass is 312 g/mol. The number of methoxy groups -OCH3 is 1. The normalized spacial score (nSPS) is 11.4. The van der Waals surface area contributed by atoms with Crippen molar-refractivity contribution in [2.45, 2.75) is 20.0 Å². The lowest BCUT2D eigenvalue weighted by molar-refractivity contribution is -0.136. The summed E-state index contributed by atoms with van der Waals surface area (Å²) in [7, 11) is 1.38. The van der Waals surface area contributed by atoms with Crippen molar-refractivity contribution in [1.82, 2.24) is 0 Å². The van der Waals surface area contributed by atoms with Crippen LogP contribution in [0.25, 0.3) is 0 Å². The van der Waals surface area contributed by atoms with Crippen molar-refractivity contribution in [3.05, 3.63) is 46.0 Å². The Bertz CT molecular complexity index is 427. The highest BCUT2D eigenvalue weighted by molar-refractivity contribution is 9.10. The third-order valence-corrected chi connectivity index (χ3v) is 2.93. The predicted octanol–water partition coefficient (Wildman–Crippen LogP) is 3.48. The number of benzene rings is 1. The van der Waals surface area contributed by atoms with Crippen LogP contribution < -0.4 is 0 Å². The van der Waals surface area contributed by atoms with Gasteiger partial charge in [0.25, 0.3) is 0 Å². The zero-order valence-electron chi connectivity index (χ0n) is 10.6. The molecule has 3 nitrogen and oxygen atoms in total. The van der Waals surface area contributed by atoms with E-state index in [1.54, 1.807) is 6.08 Å². The minimum atomic E-state index is -0.288. The number of carbonyl (C=O) groups is 1. The Morgan fingerprint density at radius 3 is 2.83 bits per heavy atom. The van der Waals surface area contributed by atoms with E-state index in [9.17, 15) is 4.79 Å². The molecule has 0 spiro atoms. The largest absolute Gasteiger partial charge is 0.466 e. The van der Waals surface area contributed by atoms with Crippen LogP contribution in [0.15, 0.2) is 40.4 Å². The maximum Gasteiger partial charge on any atom is 0.333 e. The second-order valence-corrected chi connectivity index (χ2v) is 4.64. The highest BCUT2D eigenvalue weighted by Crippen LogP contribution is 2.12. The summed E-state index contributed by atoms with van der Waals surface area (Å²) in [6.07, 6.45) is 2.41. The van der Waals surface area contributed by atoms with Gasteiger partial charge in [-0.2, -0.15) is 0 Å². The van der Waals surface area contributed by atoms with Crippen molar-refractivity contribution in [2.24, 2.45) is 0 Å². The maximum atomic E-state index is 11.3. The molecule has 0 radical (unpaired) electrons. The fourth-order valence-corrected chi connectivity index (χ4v) is 1.91. The summed E-state index contributed by atoms with van der Waals surface area (Å²) in [6, 6.07) is 7.93. The molecule has 0 aromatic heterocycles. The first-order valence-electron chi connectivity index (χ1n) is 5.77. The van der Waals surface area contributed by atoms with Crippen LogP contribution in [0, 0.1) is 0 Å². The van der Waals surface area contributed by atoms with E-state index in [-0.39, 0.29) is 5.97 Å². The van der Waals surface area contributed by atoms with Crippen LogP contribution in [0.1, 0.15) is 18.9 Å². The Hall–Kier alpha value is -1.13. The summed E-state index contributed by atoms with van der Waals surface area (Å²) in [6.45, 7) is 2.84. The van der Waals surface area contributed by atoms with Crippen molar-refractivity contribution in [3.63, 3.8) is 0 Å². The van der Waals surface area contributed by atoms with Crippen LogP contribution in [0.2, 0.25) is 0 Å². The average Bonchev–Trinajstić information content (AvgIpc) is 2.38. The number of carbonyl (C=O) groups excluding carboxylic acids is 1. The van der Waals surface area contributed by atoms with Crippen molar-refractivity contribution >= 4 is 21.9 Å². The lowest BCUT2D eigenvalue weighted by Crippen LogP contribution is -2.05. The average molecular weight is 313 g/mol. The van der Waals surface area contributed by atoms with E-state index in [4.69, 9.17) is 4.74 Å². The molecule has 0 saturated heterocycles. The molecule has 0 amide bonds. The Balaban J connectivity index is 2.42. The van der Waals surface area contributed by atoms with E-state index >= 15 is 0 Å². The summed E-state index contributed by atoms with van der Waals surface area (Å²) < 4.78 is 11.2. The Labute approximate surface area is 116 Å². The number of hydrogen-bond donors (Lipinski definition) is 0. The van der Waals surface area contributed by atoms with Gasteiger partial charge in [-0.15, -0.1) is 0 Å². The van der Waals surface area contributed by atoms with Crippen LogP contribution in [0.5, 0.6) is 0 Å². The fraction of sp³-hybridized carbons (Fsp3) is 0.357. The summed E-state index contributed by atoms with van der Waals surface area (Å²) in [5.41, 5.74) is 1.74. The molecule has 0 aliphatic carbocycles. The van der Waals surface area contributed by atoms with E-state index in [2.05, 4.69) is 20.7 Å². The zero-order valence-corrected chi connectivity index (χ0v) is 12.2. The SMILES string of the molecule is CC/C(=C/COCc1cccc(Br)c1)C(=O)OC. The van der Waals surface area contributed by atoms with Gasteiger partial charge >= 0.3 is 5.97 Å². The second-order valence-electron chi connectivity index (χ2n) is 3.72. The second kappa shape index (κ2) is 8.06. The standard InChI is InChI=1S/C14H17BrO3/c1-3-12(14(16)17-2)7-8-18-10-11-5-4-6-13(15)9-11/h4-7,9H,3,8,10H2,1-2H3/b12-7-. The van der Waals surface area contributed by atoms with Crippen molar-refractivity contribution in [1.29, 1.82) is 0 Å². The van der Waals surface area contributed by atoms with Gasteiger partial charge in [0.1, 0.15) is 0 Å². The fourth-order valence-electron chi connectivity index (χ4n) is 1.47. The first-order valence-corrected chi connectivity index (χ1v) is 6.56. The van der Waals surface area contributed by atoms with E-state index in [1.165, 1.54) is 7.11 Å². The molecule has 0 unspecified atom stereocenters. The molecule has 0 heterocycles. The molecule has 0 N–H and O–H groups in total. The molecule has 0 fully saturated rings. The van der Waals surface area contributed by atoms with Gasteiger partial charge in [0.05, 0.1) is 20.3 Å². The van der Waals surface area contributed by atoms with E-state index in [0.717, 1.165) is 10.0 Å². The van der Waals surface area contributed by atoms with Gasteiger partial charge in [-0.1, -0.05) is 35.0 Å². The van der Waals surface area contributed by atoms with Gasteiger partial charge in [-0.3, -0.25) is 0 Å². The predicted molar refractivity (Wildman–Crippen MR) is 74.2 cm³/mol.